The summed E-state index contributed by atoms with van der Waals surface area (Å²) in [7, 11) is -3.02. The van der Waals surface area contributed by atoms with Gasteiger partial charge in [-0.2, -0.15) is 0 Å². The Balaban J connectivity index is 2.37. The fourth-order valence-corrected chi connectivity index (χ4v) is 1.27. The van der Waals surface area contributed by atoms with Gasteiger partial charge in [-0.25, -0.2) is 8.42 Å². The average Bonchev–Trinajstić information content (AvgIpc) is 2.04. The first-order valence-corrected chi connectivity index (χ1v) is 5.93. The monoisotopic (exact) mass is 200 g/mol. The molecule has 0 fully saturated rings. The van der Waals surface area contributed by atoms with E-state index >= 15 is 0 Å². The van der Waals surface area contributed by atoms with Crippen molar-refractivity contribution in [2.75, 3.05) is 12.2 Å². The lowest BCUT2D eigenvalue weighted by atomic mass is 10.2. The Bertz CT molecular complexity index is 342. The van der Waals surface area contributed by atoms with Gasteiger partial charge >= 0.3 is 0 Å². The first kappa shape index (κ1) is 10.2. The average molecular weight is 200 g/mol. The van der Waals surface area contributed by atoms with Gasteiger partial charge in [0.15, 0.2) is 9.84 Å². The highest BCUT2D eigenvalue weighted by Crippen LogP contribution is 2.00. The highest BCUT2D eigenvalue weighted by molar-refractivity contribution is 7.90. The van der Waals surface area contributed by atoms with Gasteiger partial charge in [-0.1, -0.05) is 30.3 Å². The molecule has 13 heavy (non-hydrogen) atoms. The van der Waals surface area contributed by atoms with Gasteiger partial charge in [-0.05, 0) is 5.56 Å². The maximum absolute atomic E-state index is 10.7. The van der Waals surface area contributed by atoms with Gasteiger partial charge in [0, 0.05) is 6.26 Å². The summed E-state index contributed by atoms with van der Waals surface area (Å²) < 4.78 is 26.4. The number of hydrogen-bond donors (Lipinski definition) is 0. The molecule has 0 saturated carbocycles. The molecule has 0 unspecified atom stereocenters. The first-order valence-electron chi connectivity index (χ1n) is 3.87. The minimum absolute atomic E-state index is 0.220. The molecular weight excluding hydrogens is 188 g/mol. The van der Waals surface area contributed by atoms with Crippen LogP contribution in [0.5, 0.6) is 0 Å². The van der Waals surface area contributed by atoms with Crippen molar-refractivity contribution in [2.24, 2.45) is 0 Å². The van der Waals surface area contributed by atoms with Crippen LogP contribution in [0.4, 0.5) is 0 Å². The molecule has 0 heterocycles. The van der Waals surface area contributed by atoms with E-state index in [0.29, 0.717) is 6.61 Å². The van der Waals surface area contributed by atoms with Crippen molar-refractivity contribution in [3.63, 3.8) is 0 Å². The number of benzene rings is 1. The van der Waals surface area contributed by atoms with Crippen LogP contribution in [0.15, 0.2) is 30.3 Å². The van der Waals surface area contributed by atoms with Crippen LogP contribution in [0, 0.1) is 0 Å². The largest absolute Gasteiger partial charge is 0.361 e. The molecule has 0 amide bonds. The number of rotatable bonds is 4. The Kier molecular flexibility index (Phi) is 3.45. The lowest BCUT2D eigenvalue weighted by molar-refractivity contribution is 0.163. The highest BCUT2D eigenvalue weighted by Gasteiger charge is 2.01. The molecule has 0 aliphatic carbocycles. The van der Waals surface area contributed by atoms with Gasteiger partial charge in [0.1, 0.15) is 5.94 Å². The summed E-state index contributed by atoms with van der Waals surface area (Å²) >= 11 is 0. The van der Waals surface area contributed by atoms with Crippen LogP contribution in [0.3, 0.4) is 0 Å². The predicted molar refractivity (Wildman–Crippen MR) is 50.9 cm³/mol. The van der Waals surface area contributed by atoms with E-state index in [1.165, 1.54) is 0 Å². The summed E-state index contributed by atoms with van der Waals surface area (Å²) in [6.07, 6.45) is 1.15. The molecule has 1 aromatic rings. The summed E-state index contributed by atoms with van der Waals surface area (Å²) in [5.74, 6) is -0.220. The van der Waals surface area contributed by atoms with Crippen LogP contribution < -0.4 is 0 Å². The van der Waals surface area contributed by atoms with Gasteiger partial charge in [0.2, 0.25) is 0 Å². The van der Waals surface area contributed by atoms with Crippen molar-refractivity contribution in [1.29, 1.82) is 0 Å². The van der Waals surface area contributed by atoms with E-state index in [4.69, 9.17) is 4.74 Å². The summed E-state index contributed by atoms with van der Waals surface area (Å²) in [6.45, 7) is 0.341. The summed E-state index contributed by atoms with van der Waals surface area (Å²) in [4.78, 5) is 0. The molecule has 4 heteroatoms. The molecular formula is C9H12O3S. The molecule has 0 bridgehead atoms. The molecule has 0 N–H and O–H groups in total. The molecule has 1 rings (SSSR count). The Morgan fingerprint density at radius 2 is 1.85 bits per heavy atom. The van der Waals surface area contributed by atoms with Gasteiger partial charge in [0.05, 0.1) is 6.61 Å². The summed E-state index contributed by atoms with van der Waals surface area (Å²) in [5.41, 5.74) is 0.978. The third-order valence-corrected chi connectivity index (χ3v) is 2.00. The SMILES string of the molecule is CS(=O)(=O)COCc1ccccc1. The third-order valence-electron chi connectivity index (χ3n) is 1.41. The van der Waals surface area contributed by atoms with Crippen LogP contribution >= 0.6 is 0 Å². The first-order chi connectivity index (χ1) is 6.08. The van der Waals surface area contributed by atoms with Gasteiger partial charge in [-0.3, -0.25) is 0 Å². The Hall–Kier alpha value is -0.870. The van der Waals surface area contributed by atoms with Crippen molar-refractivity contribution in [2.45, 2.75) is 6.61 Å². The second kappa shape index (κ2) is 4.39. The van der Waals surface area contributed by atoms with E-state index in [9.17, 15) is 8.42 Å². The summed E-state index contributed by atoms with van der Waals surface area (Å²) in [6, 6.07) is 9.46. The number of sulfone groups is 1. The minimum Gasteiger partial charge on any atom is -0.361 e. The zero-order valence-electron chi connectivity index (χ0n) is 7.43. The molecule has 1 aromatic carbocycles. The third kappa shape index (κ3) is 4.65. The lowest BCUT2D eigenvalue weighted by Crippen LogP contribution is -2.06. The van der Waals surface area contributed by atoms with Gasteiger partial charge in [-0.15, -0.1) is 0 Å². The van der Waals surface area contributed by atoms with E-state index < -0.39 is 9.84 Å². The van der Waals surface area contributed by atoms with Gasteiger partial charge < -0.3 is 4.74 Å². The number of hydrogen-bond acceptors (Lipinski definition) is 3. The molecule has 0 aliphatic heterocycles. The molecule has 0 aromatic heterocycles. The maximum atomic E-state index is 10.7. The van der Waals surface area contributed by atoms with Crippen molar-refractivity contribution < 1.29 is 13.2 Å². The molecule has 0 aliphatic rings. The molecule has 72 valence electrons. The fourth-order valence-electron chi connectivity index (χ4n) is 0.885. The predicted octanol–water partition coefficient (Wildman–Crippen LogP) is 1.21. The van der Waals surface area contributed by atoms with Crippen molar-refractivity contribution in [3.8, 4) is 0 Å². The molecule has 0 radical (unpaired) electrons. The standard InChI is InChI=1S/C9H12O3S/c1-13(10,11)8-12-7-9-5-3-2-4-6-9/h2-6H,7-8H2,1H3. The van der Waals surface area contributed by atoms with E-state index in [0.717, 1.165) is 11.8 Å². The zero-order valence-corrected chi connectivity index (χ0v) is 8.25. The smallest absolute Gasteiger partial charge is 0.171 e. The van der Waals surface area contributed by atoms with E-state index in [2.05, 4.69) is 0 Å². The van der Waals surface area contributed by atoms with Crippen LogP contribution in [0.2, 0.25) is 0 Å². The Labute approximate surface area is 78.3 Å². The topological polar surface area (TPSA) is 43.4 Å². The van der Waals surface area contributed by atoms with Crippen molar-refractivity contribution in [1.82, 2.24) is 0 Å². The Morgan fingerprint density at radius 1 is 1.23 bits per heavy atom. The second-order valence-corrected chi connectivity index (χ2v) is 4.96. The van der Waals surface area contributed by atoms with Gasteiger partial charge in [0.25, 0.3) is 0 Å². The quantitative estimate of drug-likeness (QED) is 0.733. The second-order valence-electron chi connectivity index (χ2n) is 2.88. The van der Waals surface area contributed by atoms with Crippen molar-refractivity contribution >= 4 is 9.84 Å². The van der Waals surface area contributed by atoms with E-state index in [-0.39, 0.29) is 5.94 Å². The highest BCUT2D eigenvalue weighted by atomic mass is 32.2. The molecule has 0 saturated heterocycles. The summed E-state index contributed by atoms with van der Waals surface area (Å²) in [5, 5.41) is 0. The fraction of sp³-hybridized carbons (Fsp3) is 0.333. The van der Waals surface area contributed by atoms with Crippen molar-refractivity contribution in [3.05, 3.63) is 35.9 Å². The van der Waals surface area contributed by atoms with Crippen LogP contribution in [-0.2, 0) is 21.2 Å². The van der Waals surface area contributed by atoms with E-state index in [1.54, 1.807) is 0 Å². The number of ether oxygens (including phenoxy) is 1. The molecule has 0 atom stereocenters. The zero-order chi connectivity index (χ0) is 9.73. The minimum atomic E-state index is -3.02. The van der Waals surface area contributed by atoms with Crippen LogP contribution in [0.1, 0.15) is 5.56 Å². The maximum Gasteiger partial charge on any atom is 0.171 e. The molecule has 3 nitrogen and oxygen atoms in total. The van der Waals surface area contributed by atoms with Crippen LogP contribution in [0.25, 0.3) is 0 Å². The normalized spacial score (nSPS) is 11.5. The lowest BCUT2D eigenvalue weighted by Gasteiger charge is -2.01. The van der Waals surface area contributed by atoms with Crippen LogP contribution in [-0.4, -0.2) is 20.6 Å². The van der Waals surface area contributed by atoms with E-state index in [1.807, 2.05) is 30.3 Å². The Morgan fingerprint density at radius 3 is 2.38 bits per heavy atom. The molecule has 0 spiro atoms.